The Bertz CT molecular complexity index is 267. The van der Waals surface area contributed by atoms with E-state index >= 15 is 0 Å². The van der Waals surface area contributed by atoms with Crippen molar-refractivity contribution in [3.8, 4) is 0 Å². The van der Waals surface area contributed by atoms with E-state index in [-0.39, 0.29) is 5.41 Å². The van der Waals surface area contributed by atoms with Crippen LogP contribution in [0.1, 0.15) is 60.8 Å². The lowest BCUT2D eigenvalue weighted by Crippen LogP contribution is -2.38. The van der Waals surface area contributed by atoms with Gasteiger partial charge in [0.05, 0.1) is 25.9 Å². The standard InChI is InChI=1S/C18H37NO2/c1-17(2,3)9-12-19-10-7-16(8-11-19)21-14-13-20-15-18(4,5)6/h16H,7-15H2,1-6H3. The van der Waals surface area contributed by atoms with Gasteiger partial charge in [-0.2, -0.15) is 0 Å². The maximum absolute atomic E-state index is 5.94. The lowest BCUT2D eigenvalue weighted by atomic mass is 9.91. The second-order valence-electron chi connectivity index (χ2n) is 8.84. The molecular formula is C18H37NO2. The minimum Gasteiger partial charge on any atom is -0.379 e. The van der Waals surface area contributed by atoms with Crippen molar-refractivity contribution in [3.05, 3.63) is 0 Å². The van der Waals surface area contributed by atoms with E-state index in [4.69, 9.17) is 9.47 Å². The fourth-order valence-electron chi connectivity index (χ4n) is 2.45. The summed E-state index contributed by atoms with van der Waals surface area (Å²) in [5.74, 6) is 0. The maximum atomic E-state index is 5.94. The molecule has 1 fully saturated rings. The smallest absolute Gasteiger partial charge is 0.0704 e. The normalized spacial score (nSPS) is 19.1. The molecule has 1 saturated heterocycles. The molecule has 0 saturated carbocycles. The summed E-state index contributed by atoms with van der Waals surface area (Å²) in [4.78, 5) is 2.58. The second-order valence-corrected chi connectivity index (χ2v) is 8.84. The van der Waals surface area contributed by atoms with Gasteiger partial charge in [-0.25, -0.2) is 0 Å². The molecule has 0 unspecified atom stereocenters. The molecule has 1 aliphatic heterocycles. The van der Waals surface area contributed by atoms with E-state index in [1.807, 2.05) is 0 Å². The predicted octanol–water partition coefficient (Wildman–Crippen LogP) is 3.97. The minimum absolute atomic E-state index is 0.248. The number of rotatable bonds is 7. The molecule has 126 valence electrons. The summed E-state index contributed by atoms with van der Waals surface area (Å²) in [6.07, 6.45) is 4.06. The van der Waals surface area contributed by atoms with Crippen molar-refractivity contribution in [3.63, 3.8) is 0 Å². The Kier molecular flexibility index (Phi) is 7.66. The molecule has 0 amide bonds. The Hall–Kier alpha value is -0.120. The SMILES string of the molecule is CC(C)(C)CCN1CCC(OCCOCC(C)(C)C)CC1. The zero-order valence-electron chi connectivity index (χ0n) is 15.2. The van der Waals surface area contributed by atoms with E-state index < -0.39 is 0 Å². The van der Waals surface area contributed by atoms with Gasteiger partial charge in [0.15, 0.2) is 0 Å². The van der Waals surface area contributed by atoms with Crippen molar-refractivity contribution in [1.82, 2.24) is 4.90 Å². The van der Waals surface area contributed by atoms with Crippen molar-refractivity contribution in [2.24, 2.45) is 10.8 Å². The van der Waals surface area contributed by atoms with Crippen LogP contribution in [0.25, 0.3) is 0 Å². The molecule has 0 radical (unpaired) electrons. The van der Waals surface area contributed by atoms with Crippen molar-refractivity contribution >= 4 is 0 Å². The van der Waals surface area contributed by atoms with Gasteiger partial charge in [-0.3, -0.25) is 0 Å². The first kappa shape index (κ1) is 18.9. The Morgan fingerprint density at radius 3 is 2.05 bits per heavy atom. The van der Waals surface area contributed by atoms with Gasteiger partial charge in [-0.15, -0.1) is 0 Å². The molecule has 0 aromatic rings. The van der Waals surface area contributed by atoms with Crippen LogP contribution in [0.15, 0.2) is 0 Å². The monoisotopic (exact) mass is 299 g/mol. The number of hydrogen-bond acceptors (Lipinski definition) is 3. The number of nitrogens with zero attached hydrogens (tertiary/aromatic N) is 1. The van der Waals surface area contributed by atoms with Gasteiger partial charge in [0.1, 0.15) is 0 Å². The number of piperidine rings is 1. The summed E-state index contributed by atoms with van der Waals surface area (Å²) in [7, 11) is 0. The van der Waals surface area contributed by atoms with Crippen LogP contribution in [-0.2, 0) is 9.47 Å². The minimum atomic E-state index is 0.248. The average Bonchev–Trinajstić information content (AvgIpc) is 2.35. The molecule has 0 aromatic carbocycles. The topological polar surface area (TPSA) is 21.7 Å². The van der Waals surface area contributed by atoms with Gasteiger partial charge >= 0.3 is 0 Å². The third kappa shape index (κ3) is 10.3. The molecule has 1 aliphatic rings. The van der Waals surface area contributed by atoms with Gasteiger partial charge in [0.2, 0.25) is 0 Å². The molecule has 3 heteroatoms. The van der Waals surface area contributed by atoms with E-state index in [9.17, 15) is 0 Å². The van der Waals surface area contributed by atoms with Gasteiger partial charge in [0.25, 0.3) is 0 Å². The van der Waals surface area contributed by atoms with Crippen molar-refractivity contribution in [1.29, 1.82) is 0 Å². The zero-order valence-corrected chi connectivity index (χ0v) is 15.2. The quantitative estimate of drug-likeness (QED) is 0.664. The van der Waals surface area contributed by atoms with Crippen LogP contribution in [-0.4, -0.2) is 50.5 Å². The lowest BCUT2D eigenvalue weighted by molar-refractivity contribution is -0.0327. The third-order valence-electron chi connectivity index (χ3n) is 3.83. The van der Waals surface area contributed by atoms with Crippen LogP contribution >= 0.6 is 0 Å². The fourth-order valence-corrected chi connectivity index (χ4v) is 2.45. The van der Waals surface area contributed by atoms with Crippen LogP contribution < -0.4 is 0 Å². The molecule has 0 atom stereocenters. The Morgan fingerprint density at radius 1 is 0.905 bits per heavy atom. The largest absolute Gasteiger partial charge is 0.379 e. The molecular weight excluding hydrogens is 262 g/mol. The number of hydrogen-bond donors (Lipinski definition) is 0. The molecule has 1 rings (SSSR count). The number of likely N-dealkylation sites (tertiary alicyclic amines) is 1. The first-order chi connectivity index (χ1) is 9.66. The molecule has 21 heavy (non-hydrogen) atoms. The van der Waals surface area contributed by atoms with E-state index in [1.165, 1.54) is 38.9 Å². The van der Waals surface area contributed by atoms with Crippen LogP contribution in [0.2, 0.25) is 0 Å². The van der Waals surface area contributed by atoms with Crippen LogP contribution in [0.5, 0.6) is 0 Å². The molecule has 0 aromatic heterocycles. The highest BCUT2D eigenvalue weighted by molar-refractivity contribution is 4.74. The summed E-state index contributed by atoms with van der Waals surface area (Å²) in [5, 5.41) is 0. The first-order valence-electron chi connectivity index (χ1n) is 8.57. The third-order valence-corrected chi connectivity index (χ3v) is 3.83. The first-order valence-corrected chi connectivity index (χ1v) is 8.57. The average molecular weight is 299 g/mol. The number of ether oxygens (including phenoxy) is 2. The van der Waals surface area contributed by atoms with E-state index in [1.54, 1.807) is 0 Å². The molecule has 3 nitrogen and oxygen atoms in total. The van der Waals surface area contributed by atoms with Crippen LogP contribution in [0.4, 0.5) is 0 Å². The van der Waals surface area contributed by atoms with Gasteiger partial charge < -0.3 is 14.4 Å². The lowest BCUT2D eigenvalue weighted by Gasteiger charge is -2.33. The van der Waals surface area contributed by atoms with Gasteiger partial charge in [-0.1, -0.05) is 41.5 Å². The highest BCUT2D eigenvalue weighted by Crippen LogP contribution is 2.21. The Labute approximate surface area is 132 Å². The highest BCUT2D eigenvalue weighted by atomic mass is 16.5. The highest BCUT2D eigenvalue weighted by Gasteiger charge is 2.21. The summed E-state index contributed by atoms with van der Waals surface area (Å²) in [6, 6.07) is 0. The maximum Gasteiger partial charge on any atom is 0.0704 e. The molecule has 0 N–H and O–H groups in total. The van der Waals surface area contributed by atoms with Gasteiger partial charge in [-0.05, 0) is 36.6 Å². The molecule has 1 heterocycles. The second kappa shape index (κ2) is 8.50. The summed E-state index contributed by atoms with van der Waals surface area (Å²) >= 11 is 0. The van der Waals surface area contributed by atoms with Crippen molar-refractivity contribution in [2.45, 2.75) is 66.9 Å². The van der Waals surface area contributed by atoms with Crippen LogP contribution in [0, 0.1) is 10.8 Å². The Morgan fingerprint density at radius 2 is 1.52 bits per heavy atom. The van der Waals surface area contributed by atoms with Gasteiger partial charge in [0, 0.05) is 13.1 Å². The molecule has 0 bridgehead atoms. The van der Waals surface area contributed by atoms with Crippen molar-refractivity contribution in [2.75, 3.05) is 39.5 Å². The fraction of sp³-hybridized carbons (Fsp3) is 1.00. The van der Waals surface area contributed by atoms with E-state index in [0.717, 1.165) is 19.8 Å². The summed E-state index contributed by atoms with van der Waals surface area (Å²) < 4.78 is 11.6. The Balaban J connectivity index is 2.03. The summed E-state index contributed by atoms with van der Waals surface area (Å²) in [6.45, 7) is 19.4. The predicted molar refractivity (Wildman–Crippen MR) is 89.8 cm³/mol. The van der Waals surface area contributed by atoms with E-state index in [2.05, 4.69) is 46.4 Å². The van der Waals surface area contributed by atoms with Crippen molar-refractivity contribution < 1.29 is 9.47 Å². The zero-order chi connectivity index (χ0) is 15.9. The van der Waals surface area contributed by atoms with E-state index in [0.29, 0.717) is 11.5 Å². The summed E-state index contributed by atoms with van der Waals surface area (Å²) in [5.41, 5.74) is 0.691. The molecule has 0 aliphatic carbocycles. The molecule has 0 spiro atoms. The van der Waals surface area contributed by atoms with Crippen LogP contribution in [0.3, 0.4) is 0 Å².